The van der Waals surface area contributed by atoms with E-state index in [1.54, 1.807) is 12.4 Å². The van der Waals surface area contributed by atoms with Crippen LogP contribution in [0.15, 0.2) is 78.8 Å². The lowest BCUT2D eigenvalue weighted by atomic mass is 9.98. The van der Waals surface area contributed by atoms with Crippen molar-refractivity contribution >= 4 is 29.5 Å². The average molecular weight is 385 g/mol. The second-order valence-electron chi connectivity index (χ2n) is 7.10. The van der Waals surface area contributed by atoms with Crippen LogP contribution in [0.2, 0.25) is 0 Å². The first kappa shape index (κ1) is 17.4. The molecule has 0 aliphatic carbocycles. The maximum atomic E-state index is 13.4. The lowest BCUT2D eigenvalue weighted by Crippen LogP contribution is -2.44. The molecule has 0 fully saturated rings. The van der Waals surface area contributed by atoms with Crippen molar-refractivity contribution in [2.45, 2.75) is 25.2 Å². The number of fused-ring (bicyclic) bond motifs is 2. The second-order valence-corrected chi connectivity index (χ2v) is 7.10. The number of para-hydroxylation sites is 1. The van der Waals surface area contributed by atoms with Crippen LogP contribution >= 0.6 is 0 Å². The Morgan fingerprint density at radius 2 is 1.83 bits per heavy atom. The van der Waals surface area contributed by atoms with Gasteiger partial charge in [0.15, 0.2) is 6.17 Å². The van der Waals surface area contributed by atoms with Crippen molar-refractivity contribution in [3.8, 4) is 11.1 Å². The minimum absolute atomic E-state index is 0.0548. The van der Waals surface area contributed by atoms with Gasteiger partial charge in [0.1, 0.15) is 29.6 Å². The van der Waals surface area contributed by atoms with Crippen LogP contribution in [0.25, 0.3) is 22.1 Å². The van der Waals surface area contributed by atoms with Crippen LogP contribution in [0.4, 0.5) is 0 Å². The molecule has 2 N–H and O–H groups in total. The third kappa shape index (κ3) is 2.74. The van der Waals surface area contributed by atoms with Crippen molar-refractivity contribution in [1.29, 1.82) is 0 Å². The molecule has 2 aliphatic heterocycles. The maximum absolute atomic E-state index is 13.4. The summed E-state index contributed by atoms with van der Waals surface area (Å²) in [6.45, 7) is 1.98. The molecule has 5 rings (SSSR count). The molecule has 144 valence electrons. The minimum Gasteiger partial charge on any atom is -0.458 e. The Morgan fingerprint density at radius 1 is 1.07 bits per heavy atom. The number of amidine groups is 1. The van der Waals surface area contributed by atoms with Gasteiger partial charge in [-0.2, -0.15) is 0 Å². The summed E-state index contributed by atoms with van der Waals surface area (Å²) < 4.78 is 6.29. The molecule has 3 aromatic rings. The molecule has 0 bridgehead atoms. The SMILES string of the molecule is CC(c1oc2ccccc2c(=O)c1-c1ccccc1)N1C=NC2C(N)=NC=NC21. The van der Waals surface area contributed by atoms with Crippen molar-refractivity contribution in [2.24, 2.45) is 20.7 Å². The summed E-state index contributed by atoms with van der Waals surface area (Å²) in [5, 5.41) is 0.558. The molecule has 2 aromatic carbocycles. The second kappa shape index (κ2) is 6.70. The fraction of sp³-hybridized carbons (Fsp3) is 0.182. The van der Waals surface area contributed by atoms with E-state index < -0.39 is 0 Å². The molecule has 0 radical (unpaired) electrons. The van der Waals surface area contributed by atoms with Gasteiger partial charge in [-0.25, -0.2) is 9.98 Å². The monoisotopic (exact) mass is 385 g/mol. The summed E-state index contributed by atoms with van der Waals surface area (Å²) in [5.41, 5.74) is 7.85. The third-order valence-corrected chi connectivity index (χ3v) is 5.39. The molecular weight excluding hydrogens is 366 g/mol. The Kier molecular flexibility index (Phi) is 4.01. The van der Waals surface area contributed by atoms with Gasteiger partial charge in [0.25, 0.3) is 0 Å². The molecule has 0 spiro atoms. The number of hydrogen-bond donors (Lipinski definition) is 1. The summed E-state index contributed by atoms with van der Waals surface area (Å²) in [6, 6.07) is 16.3. The van der Waals surface area contributed by atoms with E-state index in [2.05, 4.69) is 15.0 Å². The van der Waals surface area contributed by atoms with E-state index >= 15 is 0 Å². The van der Waals surface area contributed by atoms with E-state index in [9.17, 15) is 4.79 Å². The van der Waals surface area contributed by atoms with Crippen LogP contribution in [0, 0.1) is 0 Å². The summed E-state index contributed by atoms with van der Waals surface area (Å²) >= 11 is 0. The number of nitrogens with two attached hydrogens (primary N) is 1. The molecule has 2 aliphatic rings. The highest BCUT2D eigenvalue weighted by molar-refractivity contribution is 5.96. The lowest BCUT2D eigenvalue weighted by Gasteiger charge is -2.31. The number of aliphatic imine (C=N–C) groups is 3. The van der Waals surface area contributed by atoms with Crippen LogP contribution in [-0.2, 0) is 0 Å². The highest BCUT2D eigenvalue weighted by atomic mass is 16.3. The maximum Gasteiger partial charge on any atom is 0.200 e. The largest absolute Gasteiger partial charge is 0.458 e. The normalized spacial score (nSPS) is 21.3. The Bertz CT molecular complexity index is 1230. The summed E-state index contributed by atoms with van der Waals surface area (Å²) in [6.07, 6.45) is 2.87. The van der Waals surface area contributed by atoms with Gasteiger partial charge in [-0.1, -0.05) is 42.5 Å². The van der Waals surface area contributed by atoms with Crippen LogP contribution in [-0.4, -0.2) is 35.6 Å². The number of hydrogen-bond acceptors (Lipinski definition) is 7. The molecule has 0 saturated carbocycles. The van der Waals surface area contributed by atoms with Crippen LogP contribution in [0.3, 0.4) is 0 Å². The van der Waals surface area contributed by atoms with Gasteiger partial charge >= 0.3 is 0 Å². The van der Waals surface area contributed by atoms with E-state index in [1.165, 1.54) is 6.34 Å². The zero-order valence-corrected chi connectivity index (χ0v) is 15.8. The summed E-state index contributed by atoms with van der Waals surface area (Å²) in [7, 11) is 0. The first-order valence-electron chi connectivity index (χ1n) is 9.42. The van der Waals surface area contributed by atoms with Crippen molar-refractivity contribution in [1.82, 2.24) is 4.90 Å². The quantitative estimate of drug-likeness (QED) is 0.750. The van der Waals surface area contributed by atoms with Crippen LogP contribution in [0.5, 0.6) is 0 Å². The molecule has 29 heavy (non-hydrogen) atoms. The number of nitrogens with zero attached hydrogens (tertiary/aromatic N) is 4. The van der Waals surface area contributed by atoms with Gasteiger partial charge in [0, 0.05) is 0 Å². The van der Waals surface area contributed by atoms with Crippen molar-refractivity contribution in [3.05, 3.63) is 70.6 Å². The van der Waals surface area contributed by atoms with Gasteiger partial charge in [-0.05, 0) is 24.6 Å². The van der Waals surface area contributed by atoms with Gasteiger partial charge < -0.3 is 15.1 Å². The van der Waals surface area contributed by atoms with E-state index in [-0.39, 0.29) is 23.7 Å². The Hall–Kier alpha value is -3.74. The molecule has 3 unspecified atom stereocenters. The molecule has 0 amide bonds. The van der Waals surface area contributed by atoms with E-state index in [0.717, 1.165) is 5.56 Å². The van der Waals surface area contributed by atoms with Crippen molar-refractivity contribution in [3.63, 3.8) is 0 Å². The Morgan fingerprint density at radius 3 is 2.66 bits per heavy atom. The predicted molar refractivity (Wildman–Crippen MR) is 114 cm³/mol. The number of rotatable bonds is 3. The van der Waals surface area contributed by atoms with Gasteiger partial charge in [-0.3, -0.25) is 9.79 Å². The molecule has 3 heterocycles. The number of benzene rings is 2. The molecule has 3 atom stereocenters. The lowest BCUT2D eigenvalue weighted by molar-refractivity contribution is 0.250. The summed E-state index contributed by atoms with van der Waals surface area (Å²) in [4.78, 5) is 28.3. The van der Waals surface area contributed by atoms with Crippen LogP contribution in [0.1, 0.15) is 18.7 Å². The highest BCUT2D eigenvalue weighted by Crippen LogP contribution is 2.34. The van der Waals surface area contributed by atoms with E-state index in [4.69, 9.17) is 10.2 Å². The standard InChI is InChI=1S/C22H19N5O2/c1-13(27-12-26-18-21(23)24-11-25-22(18)27)20-17(14-7-3-2-4-8-14)19(28)15-9-5-6-10-16(15)29-20/h2-13,18,22H,1H3,(H2,23,24,25). The van der Waals surface area contributed by atoms with Crippen molar-refractivity contribution < 1.29 is 4.42 Å². The van der Waals surface area contributed by atoms with E-state index in [0.29, 0.717) is 28.1 Å². The molecule has 0 saturated heterocycles. The minimum atomic E-state index is -0.324. The Balaban J connectivity index is 1.68. The zero-order chi connectivity index (χ0) is 20.0. The van der Waals surface area contributed by atoms with Gasteiger partial charge in [0.2, 0.25) is 5.43 Å². The fourth-order valence-electron chi connectivity index (χ4n) is 3.89. The van der Waals surface area contributed by atoms with Gasteiger partial charge in [-0.15, -0.1) is 0 Å². The fourth-order valence-corrected chi connectivity index (χ4v) is 3.89. The Labute approximate surface area is 166 Å². The third-order valence-electron chi connectivity index (χ3n) is 5.39. The van der Waals surface area contributed by atoms with E-state index in [1.807, 2.05) is 60.4 Å². The van der Waals surface area contributed by atoms with Crippen LogP contribution < -0.4 is 11.2 Å². The topological polar surface area (TPSA) is 96.5 Å². The highest BCUT2D eigenvalue weighted by Gasteiger charge is 2.39. The first-order valence-corrected chi connectivity index (χ1v) is 9.42. The molecule has 7 nitrogen and oxygen atoms in total. The molecular formula is C22H19N5O2. The van der Waals surface area contributed by atoms with Gasteiger partial charge in [0.05, 0.1) is 23.3 Å². The average Bonchev–Trinajstić information content (AvgIpc) is 3.19. The molecule has 1 aromatic heterocycles. The predicted octanol–water partition coefficient (Wildman–Crippen LogP) is 2.96. The summed E-state index contributed by atoms with van der Waals surface area (Å²) in [5.74, 6) is 1.00. The van der Waals surface area contributed by atoms with Crippen molar-refractivity contribution in [2.75, 3.05) is 0 Å². The smallest absolute Gasteiger partial charge is 0.200 e. The first-order chi connectivity index (χ1) is 14.1. The molecule has 7 heteroatoms. The zero-order valence-electron chi connectivity index (χ0n) is 15.8.